The fourth-order valence-electron chi connectivity index (χ4n) is 3.49. The van der Waals surface area contributed by atoms with Crippen molar-refractivity contribution < 1.29 is 13.9 Å². The van der Waals surface area contributed by atoms with Gasteiger partial charge < -0.3 is 9.15 Å². The van der Waals surface area contributed by atoms with Crippen LogP contribution in [-0.4, -0.2) is 5.97 Å². The summed E-state index contributed by atoms with van der Waals surface area (Å²) in [6.07, 6.45) is 2.14. The Morgan fingerprint density at radius 2 is 2.00 bits per heavy atom. The number of aryl methyl sites for hydroxylation is 1. The zero-order chi connectivity index (χ0) is 18.4. The second-order valence-corrected chi connectivity index (χ2v) is 7.77. The molecule has 0 radical (unpaired) electrons. The molecule has 1 aliphatic rings. The number of ether oxygens (including phenoxy) is 1. The summed E-state index contributed by atoms with van der Waals surface area (Å²) in [5, 5.41) is 0.800. The molecule has 4 heteroatoms. The summed E-state index contributed by atoms with van der Waals surface area (Å²) in [6.45, 7) is 10.3. The van der Waals surface area contributed by atoms with Gasteiger partial charge in [0.05, 0.1) is 5.92 Å². The number of fused-ring (bicyclic) bond motifs is 1. The van der Waals surface area contributed by atoms with Gasteiger partial charge in [-0.1, -0.05) is 37.6 Å². The Hall–Kier alpha value is -2.36. The molecule has 0 saturated heterocycles. The van der Waals surface area contributed by atoms with Crippen LogP contribution in [0.5, 0.6) is 0 Å². The molecule has 4 nitrogen and oxygen atoms in total. The number of carbonyl (C=O) groups is 1. The number of hydrogen-bond acceptors (Lipinski definition) is 4. The number of carbonyl (C=O) groups excluding carboxylic acids is 1. The summed E-state index contributed by atoms with van der Waals surface area (Å²) in [5.74, 6) is -0.123. The van der Waals surface area contributed by atoms with E-state index in [-0.39, 0.29) is 29.8 Å². The largest absolute Gasteiger partial charge is 0.461 e. The summed E-state index contributed by atoms with van der Waals surface area (Å²) in [4.78, 5) is 24.3. The summed E-state index contributed by atoms with van der Waals surface area (Å²) in [7, 11) is 0. The first kappa shape index (κ1) is 17.5. The number of benzene rings is 1. The maximum Gasteiger partial charge on any atom is 0.336 e. The van der Waals surface area contributed by atoms with Crippen molar-refractivity contribution in [1.29, 1.82) is 0 Å². The predicted molar refractivity (Wildman–Crippen MR) is 97.2 cm³/mol. The second-order valence-electron chi connectivity index (χ2n) is 7.77. The third kappa shape index (κ3) is 3.39. The normalized spacial score (nSPS) is 21.0. The molecule has 132 valence electrons. The van der Waals surface area contributed by atoms with E-state index in [2.05, 4.69) is 19.9 Å². The molecule has 0 spiro atoms. The highest BCUT2D eigenvalue weighted by atomic mass is 16.5. The molecular formula is C21H24O4. The molecule has 2 unspecified atom stereocenters. The lowest BCUT2D eigenvalue weighted by Gasteiger charge is -2.08. The molecule has 0 N–H and O–H groups in total. The average molecular weight is 340 g/mol. The zero-order valence-corrected chi connectivity index (χ0v) is 15.4. The van der Waals surface area contributed by atoms with E-state index in [1.54, 1.807) is 0 Å². The van der Waals surface area contributed by atoms with Crippen molar-refractivity contribution >= 4 is 16.9 Å². The van der Waals surface area contributed by atoms with Crippen LogP contribution in [0.4, 0.5) is 0 Å². The van der Waals surface area contributed by atoms with Crippen molar-refractivity contribution in [3.05, 3.63) is 57.5 Å². The molecule has 1 aromatic carbocycles. The third-order valence-corrected chi connectivity index (χ3v) is 5.03. The van der Waals surface area contributed by atoms with Crippen molar-refractivity contribution in [3.63, 3.8) is 0 Å². The lowest BCUT2D eigenvalue weighted by Crippen LogP contribution is -2.12. The topological polar surface area (TPSA) is 56.5 Å². The van der Waals surface area contributed by atoms with Gasteiger partial charge in [-0.3, -0.25) is 4.79 Å². The van der Waals surface area contributed by atoms with E-state index in [1.807, 2.05) is 39.0 Å². The van der Waals surface area contributed by atoms with Gasteiger partial charge in [0.1, 0.15) is 12.2 Å². The Morgan fingerprint density at radius 1 is 1.28 bits per heavy atom. The summed E-state index contributed by atoms with van der Waals surface area (Å²) in [6, 6.07) is 7.06. The molecule has 0 bridgehead atoms. The van der Waals surface area contributed by atoms with Gasteiger partial charge >= 0.3 is 11.6 Å². The van der Waals surface area contributed by atoms with Crippen LogP contribution in [0.3, 0.4) is 0 Å². The van der Waals surface area contributed by atoms with Gasteiger partial charge in [-0.25, -0.2) is 4.79 Å². The zero-order valence-electron chi connectivity index (χ0n) is 15.4. The third-order valence-electron chi connectivity index (χ3n) is 5.03. The van der Waals surface area contributed by atoms with Crippen molar-refractivity contribution in [3.8, 4) is 0 Å². The molecule has 0 aliphatic heterocycles. The number of hydrogen-bond donors (Lipinski definition) is 0. The molecule has 2 atom stereocenters. The van der Waals surface area contributed by atoms with Gasteiger partial charge in [-0.2, -0.15) is 0 Å². The fourth-order valence-corrected chi connectivity index (χ4v) is 3.49. The minimum Gasteiger partial charge on any atom is -0.461 e. The monoisotopic (exact) mass is 340 g/mol. The molecule has 1 fully saturated rings. The van der Waals surface area contributed by atoms with E-state index < -0.39 is 5.63 Å². The van der Waals surface area contributed by atoms with E-state index in [9.17, 15) is 9.59 Å². The van der Waals surface area contributed by atoms with E-state index >= 15 is 0 Å². The first-order chi connectivity index (χ1) is 11.7. The van der Waals surface area contributed by atoms with Crippen LogP contribution >= 0.6 is 0 Å². The van der Waals surface area contributed by atoms with E-state index in [4.69, 9.17) is 9.15 Å². The molecule has 1 aliphatic carbocycles. The Labute approximate surface area is 147 Å². The standard InChI is InChI=1S/C21H24O4/c1-12(2)8-16-19(21(16,4)5)20(23)24-11-14-10-18(22)25-17-9-13(3)6-7-15(14)17/h6-10,16,19H,11H2,1-5H3. The van der Waals surface area contributed by atoms with E-state index in [0.717, 1.165) is 10.9 Å². The van der Waals surface area contributed by atoms with Crippen molar-refractivity contribution in [2.75, 3.05) is 0 Å². The fraction of sp³-hybridized carbons (Fsp3) is 0.429. The number of allylic oxidation sites excluding steroid dienone is 2. The first-order valence-corrected chi connectivity index (χ1v) is 8.55. The van der Waals surface area contributed by atoms with Crippen molar-refractivity contribution in [2.24, 2.45) is 17.3 Å². The summed E-state index contributed by atoms with van der Waals surface area (Å²) >= 11 is 0. The molecular weight excluding hydrogens is 316 g/mol. The van der Waals surface area contributed by atoms with Crippen LogP contribution in [0.25, 0.3) is 11.0 Å². The van der Waals surface area contributed by atoms with Crippen LogP contribution in [-0.2, 0) is 16.1 Å². The predicted octanol–water partition coefficient (Wildman–Crippen LogP) is 4.38. The van der Waals surface area contributed by atoms with Crippen LogP contribution < -0.4 is 5.63 Å². The van der Waals surface area contributed by atoms with Gasteiger partial charge in [0.2, 0.25) is 0 Å². The van der Waals surface area contributed by atoms with E-state index in [0.29, 0.717) is 11.1 Å². The molecule has 2 aromatic rings. The quantitative estimate of drug-likeness (QED) is 0.471. The molecule has 1 heterocycles. The van der Waals surface area contributed by atoms with Gasteiger partial charge in [-0.05, 0) is 43.7 Å². The lowest BCUT2D eigenvalue weighted by molar-refractivity contribution is -0.147. The Bertz CT molecular complexity index is 913. The first-order valence-electron chi connectivity index (χ1n) is 8.55. The molecule has 3 rings (SSSR count). The number of esters is 1. The summed E-state index contributed by atoms with van der Waals surface area (Å²) in [5.41, 5.74) is 2.90. The SMILES string of the molecule is CC(C)=CC1C(C(=O)OCc2cc(=O)oc3cc(C)ccc23)C1(C)C. The number of rotatable bonds is 4. The minimum absolute atomic E-state index is 0.0801. The van der Waals surface area contributed by atoms with Crippen molar-refractivity contribution in [2.45, 2.75) is 41.2 Å². The van der Waals surface area contributed by atoms with Gasteiger partial charge in [0.15, 0.2) is 0 Å². The van der Waals surface area contributed by atoms with Gasteiger partial charge in [0, 0.05) is 17.0 Å². The van der Waals surface area contributed by atoms with E-state index in [1.165, 1.54) is 11.6 Å². The van der Waals surface area contributed by atoms with Crippen LogP contribution in [0.15, 0.2) is 45.1 Å². The highest BCUT2D eigenvalue weighted by Crippen LogP contribution is 2.59. The van der Waals surface area contributed by atoms with Crippen LogP contribution in [0.2, 0.25) is 0 Å². The van der Waals surface area contributed by atoms with Crippen LogP contribution in [0.1, 0.15) is 38.8 Å². The second kappa shape index (κ2) is 6.17. The van der Waals surface area contributed by atoms with Crippen LogP contribution in [0, 0.1) is 24.2 Å². The van der Waals surface area contributed by atoms with Crippen molar-refractivity contribution in [1.82, 2.24) is 0 Å². The van der Waals surface area contributed by atoms with Gasteiger partial charge in [-0.15, -0.1) is 0 Å². The Morgan fingerprint density at radius 3 is 2.68 bits per heavy atom. The minimum atomic E-state index is -0.432. The Kier molecular flexibility index (Phi) is 4.31. The highest BCUT2D eigenvalue weighted by molar-refractivity contribution is 5.82. The molecule has 25 heavy (non-hydrogen) atoms. The highest BCUT2D eigenvalue weighted by Gasteiger charge is 2.61. The van der Waals surface area contributed by atoms with Gasteiger partial charge in [0.25, 0.3) is 0 Å². The smallest absolute Gasteiger partial charge is 0.336 e. The summed E-state index contributed by atoms with van der Waals surface area (Å²) < 4.78 is 10.8. The molecule has 1 saturated carbocycles. The maximum absolute atomic E-state index is 12.5. The lowest BCUT2D eigenvalue weighted by atomic mass is 10.1. The maximum atomic E-state index is 12.5. The molecule has 0 amide bonds. The molecule has 1 aromatic heterocycles. The Balaban J connectivity index is 1.79. The average Bonchev–Trinajstić information content (AvgIpc) is 3.03.